The van der Waals surface area contributed by atoms with Crippen LogP contribution in [-0.2, 0) is 4.79 Å². The molecule has 0 aromatic carbocycles. The minimum absolute atomic E-state index is 0.105. The van der Waals surface area contributed by atoms with E-state index >= 15 is 0 Å². The van der Waals surface area contributed by atoms with Gasteiger partial charge in [-0.25, -0.2) is 0 Å². The van der Waals surface area contributed by atoms with Crippen molar-refractivity contribution in [2.75, 3.05) is 20.1 Å². The molecule has 2 N–H and O–H groups in total. The van der Waals surface area contributed by atoms with Crippen LogP contribution >= 0.6 is 0 Å². The standard InChI is InChI=1S/C12H23N3O/c1-9(13)12(16)15-7-3-4-11(8-15)14(2)10-5-6-10/h9-11H,3-8,13H2,1-2H3/t9-,11?/m0/s1. The van der Waals surface area contributed by atoms with Crippen molar-refractivity contribution in [3.05, 3.63) is 0 Å². The zero-order chi connectivity index (χ0) is 11.7. The maximum atomic E-state index is 11.8. The van der Waals surface area contributed by atoms with E-state index in [0.29, 0.717) is 6.04 Å². The number of carbonyl (C=O) groups excluding carboxylic acids is 1. The summed E-state index contributed by atoms with van der Waals surface area (Å²) in [7, 11) is 2.20. The van der Waals surface area contributed by atoms with Gasteiger partial charge in [-0.1, -0.05) is 0 Å². The normalized spacial score (nSPS) is 28.2. The number of likely N-dealkylation sites (N-methyl/N-ethyl adjacent to an activating group) is 1. The number of hydrogen-bond donors (Lipinski definition) is 1. The molecule has 1 unspecified atom stereocenters. The van der Waals surface area contributed by atoms with Crippen molar-refractivity contribution in [3.63, 3.8) is 0 Å². The molecule has 0 spiro atoms. The number of nitrogens with two attached hydrogens (primary N) is 1. The van der Waals surface area contributed by atoms with E-state index in [-0.39, 0.29) is 11.9 Å². The molecule has 2 aliphatic rings. The van der Waals surface area contributed by atoms with Crippen molar-refractivity contribution in [1.82, 2.24) is 9.80 Å². The molecule has 2 rings (SSSR count). The Morgan fingerprint density at radius 1 is 1.38 bits per heavy atom. The number of rotatable bonds is 3. The van der Waals surface area contributed by atoms with Crippen molar-refractivity contribution in [3.8, 4) is 0 Å². The first-order valence-electron chi connectivity index (χ1n) is 6.36. The van der Waals surface area contributed by atoms with Crippen molar-refractivity contribution >= 4 is 5.91 Å². The quantitative estimate of drug-likeness (QED) is 0.757. The summed E-state index contributed by atoms with van der Waals surface area (Å²) in [6, 6.07) is 0.962. The Kier molecular flexibility index (Phi) is 3.50. The van der Waals surface area contributed by atoms with Crippen LogP contribution in [0.5, 0.6) is 0 Å². The van der Waals surface area contributed by atoms with Gasteiger partial charge in [-0.05, 0) is 39.7 Å². The van der Waals surface area contributed by atoms with Crippen molar-refractivity contribution in [2.45, 2.75) is 50.7 Å². The highest BCUT2D eigenvalue weighted by atomic mass is 16.2. The van der Waals surface area contributed by atoms with Gasteiger partial charge in [0.25, 0.3) is 0 Å². The monoisotopic (exact) mass is 225 g/mol. The van der Waals surface area contributed by atoms with Gasteiger partial charge in [0.2, 0.25) is 5.91 Å². The highest BCUT2D eigenvalue weighted by Crippen LogP contribution is 2.29. The molecule has 2 fully saturated rings. The summed E-state index contributed by atoms with van der Waals surface area (Å²) in [5.41, 5.74) is 5.66. The number of nitrogens with zero attached hydrogens (tertiary/aromatic N) is 2. The Bertz CT molecular complexity index is 263. The van der Waals surface area contributed by atoms with Crippen LogP contribution in [0, 0.1) is 0 Å². The van der Waals surface area contributed by atoms with E-state index in [4.69, 9.17) is 5.73 Å². The third-order valence-electron chi connectivity index (χ3n) is 3.80. The van der Waals surface area contributed by atoms with Crippen LogP contribution in [0.3, 0.4) is 0 Å². The fraction of sp³-hybridized carbons (Fsp3) is 0.917. The number of piperidine rings is 1. The molecule has 92 valence electrons. The van der Waals surface area contributed by atoms with Gasteiger partial charge in [0.15, 0.2) is 0 Å². The highest BCUT2D eigenvalue weighted by Gasteiger charge is 2.34. The van der Waals surface area contributed by atoms with Gasteiger partial charge in [0, 0.05) is 25.2 Å². The molecular weight excluding hydrogens is 202 g/mol. The molecule has 1 aliphatic heterocycles. The average Bonchev–Trinajstić information content (AvgIpc) is 3.11. The Balaban J connectivity index is 1.90. The molecule has 4 nitrogen and oxygen atoms in total. The molecule has 4 heteroatoms. The summed E-state index contributed by atoms with van der Waals surface area (Å²) in [6.45, 7) is 3.53. The second-order valence-corrected chi connectivity index (χ2v) is 5.27. The van der Waals surface area contributed by atoms with Crippen molar-refractivity contribution in [2.24, 2.45) is 5.73 Å². The zero-order valence-corrected chi connectivity index (χ0v) is 10.4. The summed E-state index contributed by atoms with van der Waals surface area (Å²) in [6.07, 6.45) is 4.98. The third-order valence-corrected chi connectivity index (χ3v) is 3.80. The van der Waals surface area contributed by atoms with Crippen LogP contribution in [0.25, 0.3) is 0 Å². The fourth-order valence-electron chi connectivity index (χ4n) is 2.56. The topological polar surface area (TPSA) is 49.6 Å². The van der Waals surface area contributed by atoms with Gasteiger partial charge >= 0.3 is 0 Å². The first-order chi connectivity index (χ1) is 7.59. The summed E-state index contributed by atoms with van der Waals surface area (Å²) in [4.78, 5) is 16.2. The average molecular weight is 225 g/mol. The van der Waals surface area contributed by atoms with Gasteiger partial charge in [-0.2, -0.15) is 0 Å². The van der Waals surface area contributed by atoms with Gasteiger partial charge in [-0.3, -0.25) is 9.69 Å². The van der Waals surface area contributed by atoms with Gasteiger partial charge < -0.3 is 10.6 Å². The van der Waals surface area contributed by atoms with Crippen LogP contribution in [-0.4, -0.2) is 54.0 Å². The van der Waals surface area contributed by atoms with E-state index in [9.17, 15) is 4.79 Å². The molecule has 1 saturated heterocycles. The number of amides is 1. The molecule has 1 aliphatic carbocycles. The minimum Gasteiger partial charge on any atom is -0.340 e. The lowest BCUT2D eigenvalue weighted by molar-refractivity contribution is -0.134. The molecule has 16 heavy (non-hydrogen) atoms. The maximum absolute atomic E-state index is 11.8. The SMILES string of the molecule is C[C@H](N)C(=O)N1CCCC(N(C)C2CC2)C1. The van der Waals surface area contributed by atoms with Crippen LogP contribution in [0.15, 0.2) is 0 Å². The molecule has 1 saturated carbocycles. The predicted octanol–water partition coefficient (Wildman–Crippen LogP) is 0.419. The second kappa shape index (κ2) is 4.72. The number of likely N-dealkylation sites (tertiary alicyclic amines) is 1. The van der Waals surface area contributed by atoms with Crippen LogP contribution in [0.1, 0.15) is 32.6 Å². The first kappa shape index (κ1) is 11.9. The smallest absolute Gasteiger partial charge is 0.239 e. The highest BCUT2D eigenvalue weighted by molar-refractivity contribution is 5.81. The summed E-state index contributed by atoms with van der Waals surface area (Å²) in [5, 5.41) is 0. The summed E-state index contributed by atoms with van der Waals surface area (Å²) < 4.78 is 0. The molecule has 1 heterocycles. The fourth-order valence-corrected chi connectivity index (χ4v) is 2.56. The molecule has 0 radical (unpaired) electrons. The number of carbonyl (C=O) groups is 1. The van der Waals surface area contributed by atoms with Crippen molar-refractivity contribution < 1.29 is 4.79 Å². The van der Waals surface area contributed by atoms with Gasteiger partial charge in [-0.15, -0.1) is 0 Å². The largest absolute Gasteiger partial charge is 0.340 e. The Morgan fingerprint density at radius 2 is 2.06 bits per heavy atom. The third kappa shape index (κ3) is 2.55. The Hall–Kier alpha value is -0.610. The van der Waals surface area contributed by atoms with Crippen LogP contribution in [0.2, 0.25) is 0 Å². The molecule has 2 atom stereocenters. The molecular formula is C12H23N3O. The second-order valence-electron chi connectivity index (χ2n) is 5.27. The maximum Gasteiger partial charge on any atom is 0.239 e. The molecule has 1 amide bonds. The van der Waals surface area contributed by atoms with E-state index in [1.165, 1.54) is 19.3 Å². The first-order valence-corrected chi connectivity index (χ1v) is 6.36. The Morgan fingerprint density at radius 3 is 2.62 bits per heavy atom. The van der Waals surface area contributed by atoms with E-state index in [0.717, 1.165) is 25.6 Å². The molecule has 0 aromatic rings. The lowest BCUT2D eigenvalue weighted by Gasteiger charge is -2.38. The van der Waals surface area contributed by atoms with Gasteiger partial charge in [0.1, 0.15) is 0 Å². The lowest BCUT2D eigenvalue weighted by Crippen LogP contribution is -2.52. The van der Waals surface area contributed by atoms with E-state index in [1.807, 2.05) is 4.90 Å². The molecule has 0 bridgehead atoms. The van der Waals surface area contributed by atoms with Crippen molar-refractivity contribution in [1.29, 1.82) is 0 Å². The zero-order valence-electron chi connectivity index (χ0n) is 10.4. The van der Waals surface area contributed by atoms with Crippen LogP contribution in [0.4, 0.5) is 0 Å². The molecule has 0 aromatic heterocycles. The summed E-state index contributed by atoms with van der Waals surface area (Å²) >= 11 is 0. The number of hydrogen-bond acceptors (Lipinski definition) is 3. The van der Waals surface area contributed by atoms with E-state index in [1.54, 1.807) is 6.92 Å². The van der Waals surface area contributed by atoms with Crippen LogP contribution < -0.4 is 5.73 Å². The Labute approximate surface area is 97.8 Å². The van der Waals surface area contributed by atoms with Gasteiger partial charge in [0.05, 0.1) is 6.04 Å². The predicted molar refractivity (Wildman–Crippen MR) is 64.0 cm³/mol. The van der Waals surface area contributed by atoms with E-state index in [2.05, 4.69) is 11.9 Å². The lowest BCUT2D eigenvalue weighted by atomic mass is 10.0. The summed E-state index contributed by atoms with van der Waals surface area (Å²) in [5.74, 6) is 0.105. The van der Waals surface area contributed by atoms with E-state index < -0.39 is 0 Å². The minimum atomic E-state index is -0.356.